The Morgan fingerprint density at radius 1 is 1.08 bits per heavy atom. The highest BCUT2D eigenvalue weighted by molar-refractivity contribution is 5.97. The molecule has 2 rings (SSSR count). The second kappa shape index (κ2) is 8.92. The fraction of sp³-hybridized carbons (Fsp3) is 0.263. The highest BCUT2D eigenvalue weighted by Gasteiger charge is 2.24. The van der Waals surface area contributed by atoms with Crippen molar-refractivity contribution in [2.75, 3.05) is 7.11 Å². The van der Waals surface area contributed by atoms with Crippen LogP contribution in [0.5, 0.6) is 0 Å². The lowest BCUT2D eigenvalue weighted by Crippen LogP contribution is -2.42. The van der Waals surface area contributed by atoms with E-state index in [9.17, 15) is 18.4 Å². The van der Waals surface area contributed by atoms with E-state index in [0.717, 1.165) is 24.1 Å². The lowest BCUT2D eigenvalue weighted by atomic mass is 10.0. The van der Waals surface area contributed by atoms with Crippen molar-refractivity contribution in [3.8, 4) is 0 Å². The molecule has 2 aromatic rings. The molecule has 0 unspecified atom stereocenters. The van der Waals surface area contributed by atoms with Crippen molar-refractivity contribution in [3.63, 3.8) is 0 Å². The standard InChI is InChI=1S/C19H19F2NO3/c1-25-19(24)16(12-5-9-13-7-3-2-4-8-13)22-18(23)14-10-6-11-15(20)17(14)21/h2-4,6-8,10-11,16H,5,9,12H2,1H3,(H,22,23)/t16-/m0/s1. The van der Waals surface area contributed by atoms with Crippen molar-refractivity contribution >= 4 is 11.9 Å². The molecule has 0 aromatic heterocycles. The molecule has 0 spiro atoms. The van der Waals surface area contributed by atoms with Crippen molar-refractivity contribution in [2.45, 2.75) is 25.3 Å². The van der Waals surface area contributed by atoms with Crippen LogP contribution in [0.25, 0.3) is 0 Å². The van der Waals surface area contributed by atoms with Gasteiger partial charge in [0.15, 0.2) is 11.6 Å². The molecular formula is C19H19F2NO3. The lowest BCUT2D eigenvalue weighted by Gasteiger charge is -2.17. The van der Waals surface area contributed by atoms with Crippen LogP contribution in [0.4, 0.5) is 8.78 Å². The zero-order chi connectivity index (χ0) is 18.2. The first-order valence-corrected chi connectivity index (χ1v) is 7.89. The molecule has 0 saturated heterocycles. The van der Waals surface area contributed by atoms with Crippen molar-refractivity contribution in [1.82, 2.24) is 5.32 Å². The number of rotatable bonds is 7. The summed E-state index contributed by atoms with van der Waals surface area (Å²) in [7, 11) is 1.21. The molecule has 0 heterocycles. The van der Waals surface area contributed by atoms with Gasteiger partial charge in [-0.25, -0.2) is 13.6 Å². The van der Waals surface area contributed by atoms with E-state index in [1.54, 1.807) is 0 Å². The SMILES string of the molecule is COC(=O)[C@H](CCCc1ccccc1)NC(=O)c1cccc(F)c1F. The second-order valence-electron chi connectivity index (χ2n) is 5.53. The molecule has 4 nitrogen and oxygen atoms in total. The number of ether oxygens (including phenoxy) is 1. The topological polar surface area (TPSA) is 55.4 Å². The summed E-state index contributed by atoms with van der Waals surface area (Å²) < 4.78 is 31.6. The monoisotopic (exact) mass is 347 g/mol. The van der Waals surface area contributed by atoms with Gasteiger partial charge in [0.05, 0.1) is 12.7 Å². The molecule has 2 aromatic carbocycles. The van der Waals surface area contributed by atoms with Crippen LogP contribution in [0.2, 0.25) is 0 Å². The Hall–Kier alpha value is -2.76. The van der Waals surface area contributed by atoms with E-state index in [4.69, 9.17) is 0 Å². The Morgan fingerprint density at radius 3 is 2.48 bits per heavy atom. The minimum absolute atomic E-state index is 0.324. The van der Waals surface area contributed by atoms with Crippen LogP contribution in [-0.4, -0.2) is 25.0 Å². The molecule has 0 aliphatic rings. The first-order valence-electron chi connectivity index (χ1n) is 7.89. The van der Waals surface area contributed by atoms with E-state index in [1.807, 2.05) is 30.3 Å². The van der Waals surface area contributed by atoms with Crippen LogP contribution in [0, 0.1) is 11.6 Å². The highest BCUT2D eigenvalue weighted by atomic mass is 19.2. The largest absolute Gasteiger partial charge is 0.467 e. The zero-order valence-corrected chi connectivity index (χ0v) is 13.8. The van der Waals surface area contributed by atoms with Gasteiger partial charge < -0.3 is 10.1 Å². The van der Waals surface area contributed by atoms with Gasteiger partial charge in [-0.15, -0.1) is 0 Å². The van der Waals surface area contributed by atoms with Crippen LogP contribution >= 0.6 is 0 Å². The number of hydrogen-bond donors (Lipinski definition) is 1. The first-order chi connectivity index (χ1) is 12.0. The first kappa shape index (κ1) is 18.6. The second-order valence-corrected chi connectivity index (χ2v) is 5.53. The summed E-state index contributed by atoms with van der Waals surface area (Å²) in [5.74, 6) is -3.84. The fourth-order valence-corrected chi connectivity index (χ4v) is 2.46. The fourth-order valence-electron chi connectivity index (χ4n) is 2.46. The summed E-state index contributed by atoms with van der Waals surface area (Å²) in [6.45, 7) is 0. The van der Waals surface area contributed by atoms with Gasteiger partial charge >= 0.3 is 5.97 Å². The van der Waals surface area contributed by atoms with Crippen molar-refractivity contribution in [3.05, 3.63) is 71.3 Å². The number of methoxy groups -OCH3 is 1. The number of hydrogen-bond acceptors (Lipinski definition) is 3. The molecule has 6 heteroatoms. The Balaban J connectivity index is 2.01. The quantitative estimate of drug-likeness (QED) is 0.782. The van der Waals surface area contributed by atoms with Crippen LogP contribution in [0.1, 0.15) is 28.8 Å². The molecule has 0 aliphatic carbocycles. The van der Waals surface area contributed by atoms with Gasteiger partial charge in [-0.05, 0) is 37.0 Å². The van der Waals surface area contributed by atoms with Crippen molar-refractivity contribution in [1.29, 1.82) is 0 Å². The summed E-state index contributed by atoms with van der Waals surface area (Å²) in [6, 6.07) is 12.1. The zero-order valence-electron chi connectivity index (χ0n) is 13.8. The van der Waals surface area contributed by atoms with Gasteiger partial charge in [0.2, 0.25) is 0 Å². The molecule has 0 fully saturated rings. The van der Waals surface area contributed by atoms with Gasteiger partial charge in [-0.1, -0.05) is 36.4 Å². The average Bonchev–Trinajstić information content (AvgIpc) is 2.63. The molecule has 1 atom stereocenters. The number of amides is 1. The number of aryl methyl sites for hydroxylation is 1. The van der Waals surface area contributed by atoms with Gasteiger partial charge in [-0.2, -0.15) is 0 Å². The summed E-state index contributed by atoms with van der Waals surface area (Å²) in [6.07, 6.45) is 1.67. The summed E-state index contributed by atoms with van der Waals surface area (Å²) in [4.78, 5) is 24.0. The Bertz CT molecular complexity index is 735. The maximum absolute atomic E-state index is 13.7. The van der Waals surface area contributed by atoms with Crippen LogP contribution in [-0.2, 0) is 16.0 Å². The Morgan fingerprint density at radius 2 is 1.80 bits per heavy atom. The maximum atomic E-state index is 13.7. The number of esters is 1. The van der Waals surface area contributed by atoms with Gasteiger partial charge in [0.25, 0.3) is 5.91 Å². The maximum Gasteiger partial charge on any atom is 0.328 e. The van der Waals surface area contributed by atoms with E-state index >= 15 is 0 Å². The van der Waals surface area contributed by atoms with Gasteiger partial charge in [0.1, 0.15) is 6.04 Å². The Labute approximate surface area is 144 Å². The van der Waals surface area contributed by atoms with E-state index in [0.29, 0.717) is 12.8 Å². The summed E-state index contributed by atoms with van der Waals surface area (Å²) in [5.41, 5.74) is 0.658. The predicted molar refractivity (Wildman–Crippen MR) is 89.0 cm³/mol. The minimum Gasteiger partial charge on any atom is -0.467 e. The molecule has 0 aliphatic heterocycles. The minimum atomic E-state index is -1.24. The number of carbonyl (C=O) groups excluding carboxylic acids is 2. The van der Waals surface area contributed by atoms with Crippen LogP contribution in [0.15, 0.2) is 48.5 Å². The van der Waals surface area contributed by atoms with Crippen LogP contribution in [0.3, 0.4) is 0 Å². The van der Waals surface area contributed by atoms with Crippen LogP contribution < -0.4 is 5.32 Å². The Kier molecular flexibility index (Phi) is 6.62. The normalized spacial score (nSPS) is 11.6. The number of carbonyl (C=O) groups is 2. The molecule has 25 heavy (non-hydrogen) atoms. The molecule has 132 valence electrons. The average molecular weight is 347 g/mol. The van der Waals surface area contributed by atoms with Crippen molar-refractivity contribution in [2.24, 2.45) is 0 Å². The van der Waals surface area contributed by atoms with E-state index < -0.39 is 35.1 Å². The molecular weight excluding hydrogens is 328 g/mol. The van der Waals surface area contributed by atoms with Gasteiger partial charge in [0, 0.05) is 0 Å². The summed E-state index contributed by atoms with van der Waals surface area (Å²) >= 11 is 0. The predicted octanol–water partition coefficient (Wildman–Crippen LogP) is 3.26. The molecule has 1 N–H and O–H groups in total. The molecule has 1 amide bonds. The number of nitrogens with one attached hydrogen (secondary N) is 1. The highest BCUT2D eigenvalue weighted by Crippen LogP contribution is 2.13. The van der Waals surface area contributed by atoms with E-state index in [2.05, 4.69) is 10.1 Å². The van der Waals surface area contributed by atoms with Gasteiger partial charge in [-0.3, -0.25) is 4.79 Å². The smallest absolute Gasteiger partial charge is 0.328 e. The number of halogens is 2. The molecule has 0 saturated carbocycles. The summed E-state index contributed by atoms with van der Waals surface area (Å²) in [5, 5.41) is 2.42. The molecule has 0 bridgehead atoms. The van der Waals surface area contributed by atoms with E-state index in [-0.39, 0.29) is 0 Å². The lowest BCUT2D eigenvalue weighted by molar-refractivity contribution is -0.143. The number of benzene rings is 2. The third kappa shape index (κ3) is 5.11. The third-order valence-corrected chi connectivity index (χ3v) is 3.79. The third-order valence-electron chi connectivity index (χ3n) is 3.79. The van der Waals surface area contributed by atoms with E-state index in [1.165, 1.54) is 13.2 Å². The molecule has 0 radical (unpaired) electrons. The van der Waals surface area contributed by atoms with Crippen molar-refractivity contribution < 1.29 is 23.1 Å².